The maximum atomic E-state index is 13.1. The molecule has 0 spiro atoms. The number of hydrogen-bond donors (Lipinski definition) is 1. The van der Waals surface area contributed by atoms with Crippen molar-refractivity contribution >= 4 is 5.91 Å². The average Bonchev–Trinajstić information content (AvgIpc) is 2.33. The third-order valence-electron chi connectivity index (χ3n) is 2.81. The van der Waals surface area contributed by atoms with Gasteiger partial charge in [-0.1, -0.05) is 0 Å². The molecular formula is C12H15FN2O. The van der Waals surface area contributed by atoms with Crippen molar-refractivity contribution in [1.82, 2.24) is 10.2 Å². The topological polar surface area (TPSA) is 32.3 Å². The van der Waals surface area contributed by atoms with Gasteiger partial charge in [-0.05, 0) is 30.7 Å². The molecule has 0 bridgehead atoms. The van der Waals surface area contributed by atoms with Crippen molar-refractivity contribution in [2.45, 2.75) is 6.92 Å². The van der Waals surface area contributed by atoms with Crippen molar-refractivity contribution in [2.75, 3.05) is 26.2 Å². The summed E-state index contributed by atoms with van der Waals surface area (Å²) < 4.78 is 13.1. The molecule has 1 heterocycles. The Hall–Kier alpha value is -1.42. The van der Waals surface area contributed by atoms with E-state index in [9.17, 15) is 9.18 Å². The summed E-state index contributed by atoms with van der Waals surface area (Å²) in [4.78, 5) is 13.8. The molecule has 16 heavy (non-hydrogen) atoms. The number of piperazine rings is 1. The molecule has 1 aliphatic rings. The Bertz CT molecular complexity index is 400. The van der Waals surface area contributed by atoms with E-state index in [0.717, 1.165) is 26.2 Å². The highest BCUT2D eigenvalue weighted by atomic mass is 19.1. The van der Waals surface area contributed by atoms with Crippen molar-refractivity contribution < 1.29 is 9.18 Å². The molecule has 4 heteroatoms. The molecule has 0 saturated carbocycles. The van der Waals surface area contributed by atoms with Gasteiger partial charge in [0.2, 0.25) is 0 Å². The van der Waals surface area contributed by atoms with Gasteiger partial charge in [-0.3, -0.25) is 4.79 Å². The largest absolute Gasteiger partial charge is 0.336 e. The standard InChI is InChI=1S/C12H15FN2O/c1-9-8-10(2-3-11(9)13)12(16)15-6-4-14-5-7-15/h2-3,8,14H,4-7H2,1H3. The van der Waals surface area contributed by atoms with Crippen LogP contribution in [0.25, 0.3) is 0 Å². The van der Waals surface area contributed by atoms with Crippen LogP contribution in [0.4, 0.5) is 4.39 Å². The highest BCUT2D eigenvalue weighted by Gasteiger charge is 2.18. The molecule has 1 N–H and O–H groups in total. The molecule has 1 aromatic rings. The number of nitrogens with zero attached hydrogens (tertiary/aromatic N) is 1. The summed E-state index contributed by atoms with van der Waals surface area (Å²) in [6, 6.07) is 4.51. The van der Waals surface area contributed by atoms with Gasteiger partial charge in [0.25, 0.3) is 5.91 Å². The van der Waals surface area contributed by atoms with Gasteiger partial charge in [0.15, 0.2) is 0 Å². The maximum Gasteiger partial charge on any atom is 0.253 e. The van der Waals surface area contributed by atoms with E-state index in [0.29, 0.717) is 11.1 Å². The molecule has 0 atom stereocenters. The van der Waals surface area contributed by atoms with E-state index in [1.807, 2.05) is 0 Å². The molecule has 3 nitrogen and oxygen atoms in total. The van der Waals surface area contributed by atoms with Crippen LogP contribution < -0.4 is 5.32 Å². The van der Waals surface area contributed by atoms with Crippen LogP contribution in [-0.4, -0.2) is 37.0 Å². The number of rotatable bonds is 1. The van der Waals surface area contributed by atoms with Gasteiger partial charge in [-0.25, -0.2) is 4.39 Å². The van der Waals surface area contributed by atoms with Crippen LogP contribution in [0.5, 0.6) is 0 Å². The summed E-state index contributed by atoms with van der Waals surface area (Å²) in [5.74, 6) is -0.276. The second kappa shape index (κ2) is 4.61. The Labute approximate surface area is 94.3 Å². The summed E-state index contributed by atoms with van der Waals surface area (Å²) in [6.45, 7) is 4.76. The Kier molecular flexibility index (Phi) is 3.19. The van der Waals surface area contributed by atoms with Gasteiger partial charge in [0, 0.05) is 31.7 Å². The number of carbonyl (C=O) groups is 1. The van der Waals surface area contributed by atoms with Crippen molar-refractivity contribution in [2.24, 2.45) is 0 Å². The molecule has 1 aliphatic heterocycles. The fraction of sp³-hybridized carbons (Fsp3) is 0.417. The van der Waals surface area contributed by atoms with E-state index >= 15 is 0 Å². The van der Waals surface area contributed by atoms with Crippen molar-refractivity contribution in [1.29, 1.82) is 0 Å². The molecule has 1 aromatic carbocycles. The van der Waals surface area contributed by atoms with E-state index in [2.05, 4.69) is 5.32 Å². The first kappa shape index (κ1) is 11.1. The Morgan fingerprint density at radius 2 is 2.06 bits per heavy atom. The lowest BCUT2D eigenvalue weighted by atomic mass is 10.1. The van der Waals surface area contributed by atoms with Crippen molar-refractivity contribution in [3.8, 4) is 0 Å². The van der Waals surface area contributed by atoms with Crippen molar-refractivity contribution in [3.63, 3.8) is 0 Å². The molecule has 0 aromatic heterocycles. The van der Waals surface area contributed by atoms with Gasteiger partial charge in [-0.2, -0.15) is 0 Å². The molecule has 0 radical (unpaired) electrons. The normalized spacial score (nSPS) is 16.2. The zero-order valence-electron chi connectivity index (χ0n) is 9.29. The third kappa shape index (κ3) is 2.22. The van der Waals surface area contributed by atoms with Crippen LogP contribution in [-0.2, 0) is 0 Å². The van der Waals surface area contributed by atoms with Crippen molar-refractivity contribution in [3.05, 3.63) is 35.1 Å². The monoisotopic (exact) mass is 222 g/mol. The van der Waals surface area contributed by atoms with Gasteiger partial charge < -0.3 is 10.2 Å². The number of amides is 1. The predicted molar refractivity (Wildman–Crippen MR) is 59.9 cm³/mol. The Morgan fingerprint density at radius 3 is 2.69 bits per heavy atom. The first-order chi connectivity index (χ1) is 7.68. The average molecular weight is 222 g/mol. The van der Waals surface area contributed by atoms with E-state index in [-0.39, 0.29) is 11.7 Å². The number of halogens is 1. The molecular weight excluding hydrogens is 207 g/mol. The van der Waals surface area contributed by atoms with E-state index in [1.165, 1.54) is 6.07 Å². The fourth-order valence-electron chi connectivity index (χ4n) is 1.83. The van der Waals surface area contributed by atoms with E-state index in [1.54, 1.807) is 24.0 Å². The molecule has 1 fully saturated rings. The van der Waals surface area contributed by atoms with Gasteiger partial charge in [0.05, 0.1) is 0 Å². The van der Waals surface area contributed by atoms with Crippen LogP contribution in [0, 0.1) is 12.7 Å². The molecule has 0 unspecified atom stereocenters. The summed E-state index contributed by atoms with van der Waals surface area (Å²) in [5, 5.41) is 3.19. The molecule has 1 saturated heterocycles. The van der Waals surface area contributed by atoms with Crippen LogP contribution in [0.2, 0.25) is 0 Å². The zero-order valence-corrected chi connectivity index (χ0v) is 9.29. The lowest BCUT2D eigenvalue weighted by Crippen LogP contribution is -2.46. The number of benzene rings is 1. The zero-order chi connectivity index (χ0) is 11.5. The molecule has 2 rings (SSSR count). The summed E-state index contributed by atoms with van der Waals surface area (Å²) in [6.07, 6.45) is 0. The molecule has 0 aliphatic carbocycles. The number of aryl methyl sites for hydroxylation is 1. The lowest BCUT2D eigenvalue weighted by Gasteiger charge is -2.27. The van der Waals surface area contributed by atoms with Gasteiger partial charge >= 0.3 is 0 Å². The highest BCUT2D eigenvalue weighted by Crippen LogP contribution is 2.11. The lowest BCUT2D eigenvalue weighted by molar-refractivity contribution is 0.0735. The number of carbonyl (C=O) groups excluding carboxylic acids is 1. The summed E-state index contributed by atoms with van der Waals surface area (Å²) in [7, 11) is 0. The SMILES string of the molecule is Cc1cc(C(=O)N2CCNCC2)ccc1F. The predicted octanol–water partition coefficient (Wildman–Crippen LogP) is 1.18. The fourth-order valence-corrected chi connectivity index (χ4v) is 1.83. The summed E-state index contributed by atoms with van der Waals surface area (Å²) in [5.41, 5.74) is 1.08. The third-order valence-corrected chi connectivity index (χ3v) is 2.81. The van der Waals surface area contributed by atoms with Gasteiger partial charge in [0.1, 0.15) is 5.82 Å². The molecule has 1 amide bonds. The Balaban J connectivity index is 2.16. The minimum absolute atomic E-state index is 0.00963. The van der Waals surface area contributed by atoms with E-state index in [4.69, 9.17) is 0 Å². The quantitative estimate of drug-likeness (QED) is 0.774. The number of hydrogen-bond acceptors (Lipinski definition) is 2. The van der Waals surface area contributed by atoms with Crippen LogP contribution in [0.1, 0.15) is 15.9 Å². The first-order valence-electron chi connectivity index (χ1n) is 5.44. The Morgan fingerprint density at radius 1 is 1.38 bits per heavy atom. The minimum atomic E-state index is -0.267. The molecule has 86 valence electrons. The van der Waals surface area contributed by atoms with Crippen LogP contribution in [0.15, 0.2) is 18.2 Å². The first-order valence-corrected chi connectivity index (χ1v) is 5.44. The van der Waals surface area contributed by atoms with E-state index < -0.39 is 0 Å². The van der Waals surface area contributed by atoms with Crippen LogP contribution >= 0.6 is 0 Å². The van der Waals surface area contributed by atoms with Crippen LogP contribution in [0.3, 0.4) is 0 Å². The summed E-state index contributed by atoms with van der Waals surface area (Å²) >= 11 is 0. The van der Waals surface area contributed by atoms with Gasteiger partial charge in [-0.15, -0.1) is 0 Å². The maximum absolute atomic E-state index is 13.1. The second-order valence-corrected chi connectivity index (χ2v) is 4.01. The number of nitrogens with one attached hydrogen (secondary N) is 1. The smallest absolute Gasteiger partial charge is 0.253 e. The second-order valence-electron chi connectivity index (χ2n) is 4.01. The minimum Gasteiger partial charge on any atom is -0.336 e. The highest BCUT2D eigenvalue weighted by molar-refractivity contribution is 5.94.